The molecule has 1 aromatic carbocycles. The summed E-state index contributed by atoms with van der Waals surface area (Å²) in [5.74, 6) is 1.74. The molecule has 2 aliphatic rings. The van der Waals surface area contributed by atoms with Crippen LogP contribution < -0.4 is 19.5 Å². The van der Waals surface area contributed by atoms with Crippen molar-refractivity contribution >= 4 is 16.0 Å². The van der Waals surface area contributed by atoms with Crippen molar-refractivity contribution in [3.05, 3.63) is 18.2 Å². The zero-order valence-corrected chi connectivity index (χ0v) is 16.9. The molecular formula is C18H28N4O4S. The first-order valence-electron chi connectivity index (χ1n) is 9.22. The smallest absolute Gasteiger partial charge is 0.264 e. The van der Waals surface area contributed by atoms with Gasteiger partial charge in [0.1, 0.15) is 0 Å². The largest absolute Gasteiger partial charge is 0.493 e. The Morgan fingerprint density at radius 1 is 1.19 bits per heavy atom. The Morgan fingerprint density at radius 2 is 1.93 bits per heavy atom. The number of benzene rings is 1. The normalized spacial score (nSPS) is 23.9. The van der Waals surface area contributed by atoms with Crippen LogP contribution >= 0.6 is 0 Å². The molecule has 0 unspecified atom stereocenters. The van der Waals surface area contributed by atoms with Crippen LogP contribution in [0.3, 0.4) is 0 Å². The molecule has 0 saturated heterocycles. The Labute approximate surface area is 161 Å². The maximum Gasteiger partial charge on any atom is 0.264 e. The van der Waals surface area contributed by atoms with Gasteiger partial charge in [0.2, 0.25) is 5.96 Å². The van der Waals surface area contributed by atoms with Crippen molar-refractivity contribution in [2.45, 2.75) is 43.5 Å². The van der Waals surface area contributed by atoms with Crippen molar-refractivity contribution in [2.75, 3.05) is 27.6 Å². The van der Waals surface area contributed by atoms with Gasteiger partial charge in [0.25, 0.3) is 10.0 Å². The lowest BCUT2D eigenvalue weighted by molar-refractivity contribution is 0.106. The minimum absolute atomic E-state index is 0.0907. The number of guanidine groups is 1. The molecule has 0 radical (unpaired) electrons. The van der Waals surface area contributed by atoms with Crippen LogP contribution in [0.2, 0.25) is 0 Å². The predicted octanol–water partition coefficient (Wildman–Crippen LogP) is 1.74. The Bertz CT molecular complexity index is 797. The number of rotatable bonds is 5. The number of hydrogen-bond acceptors (Lipinski definition) is 7. The summed E-state index contributed by atoms with van der Waals surface area (Å²) in [7, 11) is -0.797. The molecule has 0 spiro atoms. The first-order chi connectivity index (χ1) is 12.9. The number of ether oxygens (including phenoxy) is 2. The minimum Gasteiger partial charge on any atom is -0.493 e. The van der Waals surface area contributed by atoms with E-state index < -0.39 is 10.0 Å². The molecule has 0 amide bonds. The quantitative estimate of drug-likeness (QED) is 0.788. The standard InChI is InChI=1S/C18H28N4O4S/c1-13-6-4-5-7-15(13)22-11-19-18(20-12-22)21-27(23,24)14-8-9-16(25-2)17(10-14)26-3/h8-10,13,15H,4-7,11-12H2,1-3H3,(H2,19,20,21)/t13-,15+/m1/s1. The van der Waals surface area contributed by atoms with E-state index in [0.29, 0.717) is 36.8 Å². The van der Waals surface area contributed by atoms with Crippen molar-refractivity contribution in [1.82, 2.24) is 14.9 Å². The molecule has 1 aromatic rings. The zero-order chi connectivity index (χ0) is 19.4. The topological polar surface area (TPSA) is 92.3 Å². The van der Waals surface area contributed by atoms with Gasteiger partial charge in [-0.3, -0.25) is 4.90 Å². The van der Waals surface area contributed by atoms with Crippen LogP contribution in [0.4, 0.5) is 0 Å². The van der Waals surface area contributed by atoms with Gasteiger partial charge in [0, 0.05) is 12.1 Å². The number of aliphatic imine (C=N–C) groups is 1. The van der Waals surface area contributed by atoms with Gasteiger partial charge in [-0.25, -0.2) is 18.1 Å². The summed E-state index contributed by atoms with van der Waals surface area (Å²) < 4.78 is 38.2. The predicted molar refractivity (Wildman–Crippen MR) is 103 cm³/mol. The van der Waals surface area contributed by atoms with Gasteiger partial charge < -0.3 is 14.8 Å². The highest BCUT2D eigenvalue weighted by Crippen LogP contribution is 2.30. The lowest BCUT2D eigenvalue weighted by Crippen LogP contribution is -2.54. The lowest BCUT2D eigenvalue weighted by Gasteiger charge is -2.39. The molecule has 0 bridgehead atoms. The van der Waals surface area contributed by atoms with Gasteiger partial charge in [-0.1, -0.05) is 19.8 Å². The molecule has 150 valence electrons. The Hall–Kier alpha value is -2.00. The third kappa shape index (κ3) is 4.47. The van der Waals surface area contributed by atoms with E-state index in [1.165, 1.54) is 52.0 Å². The summed E-state index contributed by atoms with van der Waals surface area (Å²) in [6.07, 6.45) is 4.95. The number of hydrogen-bond donors (Lipinski definition) is 2. The second kappa shape index (κ2) is 8.35. The van der Waals surface area contributed by atoms with E-state index in [1.54, 1.807) is 6.07 Å². The first kappa shape index (κ1) is 19.8. The molecule has 1 saturated carbocycles. The fraction of sp³-hybridized carbons (Fsp3) is 0.611. The van der Waals surface area contributed by atoms with Gasteiger partial charge in [-0.05, 0) is 30.9 Å². The number of methoxy groups -OCH3 is 2. The van der Waals surface area contributed by atoms with Gasteiger partial charge in [0.15, 0.2) is 11.5 Å². The van der Waals surface area contributed by atoms with Crippen molar-refractivity contribution in [1.29, 1.82) is 0 Å². The molecule has 8 nitrogen and oxygen atoms in total. The molecule has 2 atom stereocenters. The number of nitrogens with zero attached hydrogens (tertiary/aromatic N) is 2. The first-order valence-corrected chi connectivity index (χ1v) is 10.7. The molecule has 27 heavy (non-hydrogen) atoms. The molecule has 0 aromatic heterocycles. The Morgan fingerprint density at radius 3 is 2.56 bits per heavy atom. The van der Waals surface area contributed by atoms with E-state index in [1.807, 2.05) is 0 Å². The summed E-state index contributed by atoms with van der Waals surface area (Å²) in [4.78, 5) is 6.76. The van der Waals surface area contributed by atoms with E-state index in [4.69, 9.17) is 9.47 Å². The Kier molecular flexibility index (Phi) is 6.11. The van der Waals surface area contributed by atoms with Crippen LogP contribution in [0.15, 0.2) is 28.1 Å². The minimum atomic E-state index is -3.77. The SMILES string of the molecule is COc1ccc(S(=O)(=O)NC2=NCN([C@H]3CCCC[C@H]3C)CN2)cc1OC. The maximum absolute atomic E-state index is 12.7. The fourth-order valence-electron chi connectivity index (χ4n) is 3.74. The van der Waals surface area contributed by atoms with E-state index in [-0.39, 0.29) is 10.9 Å². The van der Waals surface area contributed by atoms with Crippen molar-refractivity contribution in [3.63, 3.8) is 0 Å². The highest BCUT2D eigenvalue weighted by Gasteiger charge is 2.29. The van der Waals surface area contributed by atoms with Crippen molar-refractivity contribution in [2.24, 2.45) is 10.9 Å². The van der Waals surface area contributed by atoms with Crippen LogP contribution in [-0.2, 0) is 10.0 Å². The third-order valence-corrected chi connectivity index (χ3v) is 6.63. The highest BCUT2D eigenvalue weighted by molar-refractivity contribution is 7.90. The van der Waals surface area contributed by atoms with Gasteiger partial charge in [-0.2, -0.15) is 0 Å². The van der Waals surface area contributed by atoms with Gasteiger partial charge >= 0.3 is 0 Å². The second-order valence-corrected chi connectivity index (χ2v) is 8.71. The molecule has 1 heterocycles. The number of nitrogens with one attached hydrogen (secondary N) is 2. The number of sulfonamides is 1. The second-order valence-electron chi connectivity index (χ2n) is 7.02. The molecule has 1 fully saturated rings. The van der Waals surface area contributed by atoms with Crippen LogP contribution in [0, 0.1) is 5.92 Å². The fourth-order valence-corrected chi connectivity index (χ4v) is 4.76. The molecule has 1 aliphatic carbocycles. The summed E-state index contributed by atoms with van der Waals surface area (Å²) in [6, 6.07) is 4.97. The van der Waals surface area contributed by atoms with Crippen LogP contribution in [0.5, 0.6) is 11.5 Å². The van der Waals surface area contributed by atoms with E-state index >= 15 is 0 Å². The zero-order valence-electron chi connectivity index (χ0n) is 16.1. The molecule has 3 rings (SSSR count). The summed E-state index contributed by atoms with van der Waals surface area (Å²) in [5, 5.41) is 3.09. The summed E-state index contributed by atoms with van der Waals surface area (Å²) >= 11 is 0. The van der Waals surface area contributed by atoms with Crippen LogP contribution in [0.1, 0.15) is 32.6 Å². The Balaban J connectivity index is 1.68. The van der Waals surface area contributed by atoms with E-state index in [2.05, 4.69) is 26.9 Å². The average molecular weight is 397 g/mol. The van der Waals surface area contributed by atoms with Gasteiger partial charge in [-0.15, -0.1) is 0 Å². The van der Waals surface area contributed by atoms with E-state index in [0.717, 1.165) is 0 Å². The molecule has 9 heteroatoms. The molecule has 2 N–H and O–H groups in total. The van der Waals surface area contributed by atoms with Gasteiger partial charge in [0.05, 0.1) is 32.5 Å². The van der Waals surface area contributed by atoms with Crippen LogP contribution in [-0.4, -0.2) is 52.9 Å². The molecular weight excluding hydrogens is 368 g/mol. The van der Waals surface area contributed by atoms with Crippen molar-refractivity contribution in [3.8, 4) is 11.5 Å². The van der Waals surface area contributed by atoms with E-state index in [9.17, 15) is 8.42 Å². The van der Waals surface area contributed by atoms with Crippen LogP contribution in [0.25, 0.3) is 0 Å². The monoisotopic (exact) mass is 396 g/mol. The third-order valence-electron chi connectivity index (χ3n) is 5.29. The average Bonchev–Trinajstić information content (AvgIpc) is 2.68. The maximum atomic E-state index is 12.7. The molecule has 1 aliphatic heterocycles. The summed E-state index contributed by atoms with van der Waals surface area (Å²) in [6.45, 7) is 3.36. The van der Waals surface area contributed by atoms with Crippen molar-refractivity contribution < 1.29 is 17.9 Å². The summed E-state index contributed by atoms with van der Waals surface area (Å²) in [5.41, 5.74) is 0. The highest BCUT2D eigenvalue weighted by atomic mass is 32.2. The lowest BCUT2D eigenvalue weighted by atomic mass is 9.85.